The van der Waals surface area contributed by atoms with E-state index < -0.39 is 44.4 Å². The van der Waals surface area contributed by atoms with Crippen molar-refractivity contribution >= 4 is 51.6 Å². The summed E-state index contributed by atoms with van der Waals surface area (Å²) in [6, 6.07) is 10.1. The van der Waals surface area contributed by atoms with Crippen LogP contribution >= 0.6 is 23.2 Å². The van der Waals surface area contributed by atoms with Crippen molar-refractivity contribution in [1.82, 2.24) is 4.98 Å². The summed E-state index contributed by atoms with van der Waals surface area (Å²) in [6.45, 7) is 0. The Morgan fingerprint density at radius 1 is 0.941 bits per heavy atom. The number of nitro benzene ring substituents is 2. The molecule has 0 unspecified atom stereocenters. The minimum Gasteiger partial charge on any atom is -0.478 e. The summed E-state index contributed by atoms with van der Waals surface area (Å²) < 4.78 is 31.7. The highest BCUT2D eigenvalue weighted by Crippen LogP contribution is 2.34. The average molecular weight is 512 g/mol. The summed E-state index contributed by atoms with van der Waals surface area (Å²) in [5.74, 6) is -3.50. The van der Waals surface area contributed by atoms with Gasteiger partial charge < -0.3 is 9.52 Å². The van der Waals surface area contributed by atoms with Crippen LogP contribution in [0.25, 0.3) is 22.6 Å². The van der Waals surface area contributed by atoms with Gasteiger partial charge in [-0.15, -0.1) is 0 Å². The molecule has 0 aliphatic rings. The van der Waals surface area contributed by atoms with Crippen LogP contribution in [0.4, 0.5) is 20.2 Å². The Kier molecular flexibility index (Phi) is 7.03. The Bertz CT molecular complexity index is 1390. The number of carbonyl (C=O) groups is 1. The van der Waals surface area contributed by atoms with Crippen molar-refractivity contribution in [3.63, 3.8) is 0 Å². The Morgan fingerprint density at radius 2 is 1.50 bits per heavy atom. The van der Waals surface area contributed by atoms with Gasteiger partial charge in [0.1, 0.15) is 5.52 Å². The van der Waals surface area contributed by atoms with Crippen LogP contribution in [0.1, 0.15) is 10.4 Å². The zero-order valence-corrected chi connectivity index (χ0v) is 17.9. The molecule has 10 nitrogen and oxygen atoms in total. The highest BCUT2D eigenvalue weighted by atomic mass is 35.5. The van der Waals surface area contributed by atoms with Gasteiger partial charge in [0.15, 0.2) is 5.58 Å². The number of nitrogens with zero attached hydrogens (tertiary/aromatic N) is 3. The zero-order valence-electron chi connectivity index (χ0n) is 16.4. The van der Waals surface area contributed by atoms with Gasteiger partial charge in [0, 0.05) is 24.3 Å². The minimum absolute atomic E-state index is 0.000318. The van der Waals surface area contributed by atoms with Crippen molar-refractivity contribution in [3.8, 4) is 11.5 Å². The number of aromatic carboxylic acids is 1. The Morgan fingerprint density at radius 3 is 2.06 bits per heavy atom. The summed E-state index contributed by atoms with van der Waals surface area (Å²) in [6.07, 6.45) is 0. The van der Waals surface area contributed by atoms with Crippen molar-refractivity contribution in [1.29, 1.82) is 0 Å². The molecule has 1 N–H and O–H groups in total. The van der Waals surface area contributed by atoms with E-state index in [1.807, 2.05) is 0 Å². The lowest BCUT2D eigenvalue weighted by molar-refractivity contribution is -0.387. The molecule has 0 fully saturated rings. The zero-order chi connectivity index (χ0) is 25.2. The maximum Gasteiger partial charge on any atom is 0.337 e. The van der Waals surface area contributed by atoms with E-state index in [-0.39, 0.29) is 21.5 Å². The molecule has 0 aliphatic heterocycles. The maximum atomic E-state index is 13.4. The molecule has 1 aromatic heterocycles. The summed E-state index contributed by atoms with van der Waals surface area (Å²) in [5, 5.41) is 29.2. The number of hydrogen-bond donors (Lipinski definition) is 1. The summed E-state index contributed by atoms with van der Waals surface area (Å²) in [4.78, 5) is 33.8. The molecule has 0 bridgehead atoms. The first-order valence-electron chi connectivity index (χ1n) is 8.85. The number of nitro groups is 2. The topological polar surface area (TPSA) is 150 Å². The first-order valence-corrected chi connectivity index (χ1v) is 9.61. The van der Waals surface area contributed by atoms with Gasteiger partial charge in [0.2, 0.25) is 17.5 Å². The second-order valence-corrected chi connectivity index (χ2v) is 7.19. The summed E-state index contributed by atoms with van der Waals surface area (Å²) in [5.41, 5.74) is -0.801. The number of hydrogen-bond acceptors (Lipinski definition) is 7. The fourth-order valence-corrected chi connectivity index (χ4v) is 3.13. The van der Waals surface area contributed by atoms with Crippen LogP contribution < -0.4 is 0 Å². The molecule has 0 spiro atoms. The predicted octanol–water partition coefficient (Wildman–Crippen LogP) is 6.28. The molecular weight excluding hydrogens is 503 g/mol. The normalized spacial score (nSPS) is 10.5. The maximum absolute atomic E-state index is 13.4. The van der Waals surface area contributed by atoms with E-state index in [2.05, 4.69) is 4.98 Å². The first-order chi connectivity index (χ1) is 16.0. The van der Waals surface area contributed by atoms with Gasteiger partial charge in [-0.2, -0.15) is 8.78 Å². The van der Waals surface area contributed by atoms with E-state index in [1.165, 1.54) is 0 Å². The van der Waals surface area contributed by atoms with Gasteiger partial charge in [-0.3, -0.25) is 20.2 Å². The molecule has 0 radical (unpaired) electrons. The van der Waals surface area contributed by atoms with Gasteiger partial charge in [0.25, 0.3) is 0 Å². The van der Waals surface area contributed by atoms with E-state index in [0.29, 0.717) is 23.2 Å². The molecule has 3 aromatic carbocycles. The molecule has 0 saturated carbocycles. The van der Waals surface area contributed by atoms with Gasteiger partial charge >= 0.3 is 17.3 Å². The number of carboxylic acid groups (broad SMARTS) is 1. The van der Waals surface area contributed by atoms with Crippen LogP contribution in [0, 0.1) is 31.9 Å². The number of halogens is 4. The number of fused-ring (bicyclic) bond motifs is 1. The van der Waals surface area contributed by atoms with Crippen LogP contribution in [-0.4, -0.2) is 25.9 Å². The first kappa shape index (κ1) is 24.5. The Hall–Kier alpha value is -4.16. The number of rotatable bonds is 4. The SMILES string of the molecule is O=C(O)c1cc([N+](=O)[O-])c(F)cc1Cl.O=[N+]([O-])c1cc(-c2nc3ccccc3o2)c(Cl)cc1F. The molecule has 4 aromatic rings. The summed E-state index contributed by atoms with van der Waals surface area (Å²) in [7, 11) is 0. The Balaban J connectivity index is 0.000000204. The van der Waals surface area contributed by atoms with Gasteiger partial charge in [-0.05, 0) is 12.1 Å². The van der Waals surface area contributed by atoms with Gasteiger partial charge in [0.05, 0.1) is 31.0 Å². The molecule has 0 saturated heterocycles. The van der Waals surface area contributed by atoms with Crippen molar-refractivity contribution in [2.75, 3.05) is 0 Å². The smallest absolute Gasteiger partial charge is 0.337 e. The number of oxazole rings is 1. The van der Waals surface area contributed by atoms with Crippen molar-refractivity contribution in [3.05, 3.63) is 96.0 Å². The molecule has 14 heteroatoms. The summed E-state index contributed by atoms with van der Waals surface area (Å²) >= 11 is 11.3. The largest absolute Gasteiger partial charge is 0.478 e. The second-order valence-electron chi connectivity index (χ2n) is 6.37. The molecule has 174 valence electrons. The standard InChI is InChI=1S/C13H6ClFN2O3.C7H3ClFNO4/c14-8-6-9(15)11(17(18)19)5-7(8)13-16-10-3-1-2-4-12(10)20-13;8-4-2-5(9)6(10(13)14)1-3(4)7(11)12/h1-6H;1-2H,(H,11,12). The third-order valence-corrected chi connectivity index (χ3v) is 4.85. The lowest BCUT2D eigenvalue weighted by Crippen LogP contribution is -2.01. The minimum atomic E-state index is -1.45. The van der Waals surface area contributed by atoms with Crippen molar-refractivity contribution < 1.29 is 32.9 Å². The van der Waals surface area contributed by atoms with Crippen molar-refractivity contribution in [2.45, 2.75) is 0 Å². The number of carboxylic acids is 1. The van der Waals surface area contributed by atoms with E-state index in [4.69, 9.17) is 32.7 Å². The second kappa shape index (κ2) is 9.77. The van der Waals surface area contributed by atoms with E-state index >= 15 is 0 Å². The van der Waals surface area contributed by atoms with Crippen LogP contribution in [0.2, 0.25) is 10.0 Å². The molecule has 0 aliphatic carbocycles. The number of aromatic nitrogens is 1. The molecule has 1 heterocycles. The van der Waals surface area contributed by atoms with E-state index in [1.54, 1.807) is 24.3 Å². The average Bonchev–Trinajstić information content (AvgIpc) is 3.17. The van der Waals surface area contributed by atoms with Crippen LogP contribution in [0.5, 0.6) is 0 Å². The highest BCUT2D eigenvalue weighted by Gasteiger charge is 2.22. The lowest BCUT2D eigenvalue weighted by Gasteiger charge is -2.00. The Labute approximate surface area is 197 Å². The molecular formula is C20H9Cl2F2N3O7. The van der Waals surface area contributed by atoms with Crippen molar-refractivity contribution in [2.24, 2.45) is 0 Å². The van der Waals surface area contributed by atoms with Gasteiger partial charge in [-0.25, -0.2) is 9.78 Å². The molecule has 0 atom stereocenters. The fourth-order valence-electron chi connectivity index (χ4n) is 2.67. The third-order valence-electron chi connectivity index (χ3n) is 4.22. The quantitative estimate of drug-likeness (QED) is 0.248. The monoisotopic (exact) mass is 511 g/mol. The van der Waals surface area contributed by atoms with E-state index in [9.17, 15) is 33.8 Å². The fraction of sp³-hybridized carbons (Fsp3) is 0. The number of benzene rings is 3. The van der Waals surface area contributed by atoms with Gasteiger partial charge in [-0.1, -0.05) is 35.3 Å². The highest BCUT2D eigenvalue weighted by molar-refractivity contribution is 6.33. The van der Waals surface area contributed by atoms with Crippen LogP contribution in [-0.2, 0) is 0 Å². The molecule has 0 amide bonds. The molecule has 34 heavy (non-hydrogen) atoms. The van der Waals surface area contributed by atoms with E-state index in [0.717, 1.165) is 12.1 Å². The lowest BCUT2D eigenvalue weighted by atomic mass is 10.2. The van der Waals surface area contributed by atoms with Crippen LogP contribution in [0.3, 0.4) is 0 Å². The number of para-hydroxylation sites is 2. The predicted molar refractivity (Wildman–Crippen MR) is 116 cm³/mol. The third kappa shape index (κ3) is 5.08. The van der Waals surface area contributed by atoms with Crippen LogP contribution in [0.15, 0.2) is 52.9 Å². The molecule has 4 rings (SSSR count).